The summed E-state index contributed by atoms with van der Waals surface area (Å²) in [5.41, 5.74) is 5.67. The van der Waals surface area contributed by atoms with Crippen molar-refractivity contribution in [1.82, 2.24) is 0 Å². The fourth-order valence-corrected chi connectivity index (χ4v) is 4.31. The van der Waals surface area contributed by atoms with Crippen molar-refractivity contribution in [3.8, 4) is 11.1 Å². The van der Waals surface area contributed by atoms with Crippen LogP contribution in [0.2, 0.25) is 0 Å². The van der Waals surface area contributed by atoms with E-state index in [1.165, 1.54) is 71.6 Å². The molecule has 3 aromatic carbocycles. The van der Waals surface area contributed by atoms with E-state index in [9.17, 15) is 0 Å². The van der Waals surface area contributed by atoms with Gasteiger partial charge < -0.3 is 0 Å². The van der Waals surface area contributed by atoms with Gasteiger partial charge in [0.05, 0.1) is 0 Å². The fraction of sp³-hybridized carbons (Fsp3) is 0.375. The molecule has 0 heterocycles. The van der Waals surface area contributed by atoms with Crippen LogP contribution in [0.4, 0.5) is 0 Å². The molecule has 0 unspecified atom stereocenters. The van der Waals surface area contributed by atoms with Gasteiger partial charge in [0.2, 0.25) is 0 Å². The summed E-state index contributed by atoms with van der Waals surface area (Å²) in [5.74, 6) is 0.905. The second-order valence-electron chi connectivity index (χ2n) is 7.43. The summed E-state index contributed by atoms with van der Waals surface area (Å²) >= 11 is 0. The molecule has 0 radical (unpaired) electrons. The standard InChI is InChI=1S/C24H27.Zr/c1-2-18-11-13-21(14-12-18)23-10-6-9-22-16-20(17-24(22)23)15-19-7-4-3-5-8-19;/h6,9-14,16-17,19H,2-5,7-8,15H2,1H3;/q-1;. The Kier molecular flexibility index (Phi) is 6.40. The van der Waals surface area contributed by atoms with E-state index < -0.39 is 0 Å². The topological polar surface area (TPSA) is 0 Å². The molecule has 128 valence electrons. The van der Waals surface area contributed by atoms with E-state index in [0.29, 0.717) is 0 Å². The van der Waals surface area contributed by atoms with Gasteiger partial charge in [-0.05, 0) is 29.9 Å². The molecule has 1 saturated carbocycles. The molecule has 0 bridgehead atoms. The maximum atomic E-state index is 2.45. The predicted molar refractivity (Wildman–Crippen MR) is 105 cm³/mol. The van der Waals surface area contributed by atoms with Gasteiger partial charge in [-0.15, -0.1) is 34.5 Å². The number of fused-ring (bicyclic) bond motifs is 1. The fourth-order valence-electron chi connectivity index (χ4n) is 4.31. The van der Waals surface area contributed by atoms with Crippen molar-refractivity contribution in [3.05, 3.63) is 65.7 Å². The smallest absolute Gasteiger partial charge is 0 e. The molecule has 1 aliphatic carbocycles. The second-order valence-corrected chi connectivity index (χ2v) is 7.43. The quantitative estimate of drug-likeness (QED) is 0.413. The van der Waals surface area contributed by atoms with Crippen LogP contribution < -0.4 is 0 Å². The summed E-state index contributed by atoms with van der Waals surface area (Å²) < 4.78 is 0. The van der Waals surface area contributed by atoms with Crippen LogP contribution in [0.5, 0.6) is 0 Å². The van der Waals surface area contributed by atoms with Gasteiger partial charge in [-0.2, -0.15) is 6.07 Å². The first-order valence-corrected chi connectivity index (χ1v) is 9.61. The van der Waals surface area contributed by atoms with Crippen molar-refractivity contribution in [2.45, 2.75) is 51.9 Å². The molecule has 0 amide bonds. The number of hydrogen-bond donors (Lipinski definition) is 0. The first-order chi connectivity index (χ1) is 11.8. The summed E-state index contributed by atoms with van der Waals surface area (Å²) in [6, 6.07) is 20.7. The van der Waals surface area contributed by atoms with Crippen molar-refractivity contribution in [1.29, 1.82) is 0 Å². The Labute approximate surface area is 171 Å². The summed E-state index contributed by atoms with van der Waals surface area (Å²) in [6.45, 7) is 2.21. The third-order valence-corrected chi connectivity index (χ3v) is 5.73. The minimum Gasteiger partial charge on any atom is -0.164 e. The number of aryl methyl sites for hydroxylation is 1. The van der Waals surface area contributed by atoms with Crippen molar-refractivity contribution in [2.24, 2.45) is 5.92 Å². The Morgan fingerprint density at radius 3 is 2.44 bits per heavy atom. The zero-order chi connectivity index (χ0) is 16.4. The van der Waals surface area contributed by atoms with E-state index >= 15 is 0 Å². The van der Waals surface area contributed by atoms with Crippen LogP contribution >= 0.6 is 0 Å². The zero-order valence-electron chi connectivity index (χ0n) is 15.2. The Morgan fingerprint density at radius 1 is 0.960 bits per heavy atom. The SMILES string of the molecule is CCc1ccc(-c2cccc3[cH-]c(CC4CCCCC4)cc23)cc1.[Zr]. The van der Waals surface area contributed by atoms with E-state index in [2.05, 4.69) is 61.5 Å². The zero-order valence-corrected chi connectivity index (χ0v) is 17.7. The molecule has 0 atom stereocenters. The molecular weight excluding hydrogens is 379 g/mol. The summed E-state index contributed by atoms with van der Waals surface area (Å²) in [5, 5.41) is 2.82. The first-order valence-electron chi connectivity index (χ1n) is 9.61. The Morgan fingerprint density at radius 2 is 1.72 bits per heavy atom. The normalized spacial score (nSPS) is 15.2. The van der Waals surface area contributed by atoms with Gasteiger partial charge in [0.1, 0.15) is 0 Å². The van der Waals surface area contributed by atoms with Crippen LogP contribution in [0.1, 0.15) is 50.2 Å². The van der Waals surface area contributed by atoms with E-state index in [1.807, 2.05) is 0 Å². The van der Waals surface area contributed by atoms with Crippen LogP contribution in [0.15, 0.2) is 54.6 Å². The van der Waals surface area contributed by atoms with Crippen LogP contribution in [0.25, 0.3) is 21.9 Å². The second kappa shape index (κ2) is 8.54. The number of hydrogen-bond acceptors (Lipinski definition) is 0. The predicted octanol–water partition coefficient (Wildman–Crippen LogP) is 6.91. The van der Waals surface area contributed by atoms with Crippen LogP contribution in [0.3, 0.4) is 0 Å². The van der Waals surface area contributed by atoms with Gasteiger partial charge >= 0.3 is 0 Å². The van der Waals surface area contributed by atoms with Crippen molar-refractivity contribution < 1.29 is 26.2 Å². The van der Waals surface area contributed by atoms with Crippen molar-refractivity contribution in [3.63, 3.8) is 0 Å². The Bertz CT molecular complexity index is 804. The molecule has 4 rings (SSSR count). The van der Waals surface area contributed by atoms with Gasteiger partial charge in [0.15, 0.2) is 0 Å². The molecule has 0 N–H and O–H groups in total. The summed E-state index contributed by atoms with van der Waals surface area (Å²) in [4.78, 5) is 0. The molecule has 0 aromatic heterocycles. The van der Waals surface area contributed by atoms with E-state index in [4.69, 9.17) is 0 Å². The van der Waals surface area contributed by atoms with Gasteiger partial charge in [-0.1, -0.05) is 74.9 Å². The van der Waals surface area contributed by atoms with Crippen molar-refractivity contribution >= 4 is 10.8 Å². The number of benzene rings is 2. The van der Waals surface area contributed by atoms with Gasteiger partial charge in [0.25, 0.3) is 0 Å². The Balaban J connectivity index is 0.00000182. The van der Waals surface area contributed by atoms with E-state index in [0.717, 1.165) is 12.3 Å². The van der Waals surface area contributed by atoms with Crippen molar-refractivity contribution in [2.75, 3.05) is 0 Å². The Hall–Kier alpha value is -1.07. The maximum Gasteiger partial charge on any atom is 0 e. The van der Waals surface area contributed by atoms with E-state index in [1.54, 1.807) is 0 Å². The van der Waals surface area contributed by atoms with Crippen LogP contribution in [-0.2, 0) is 39.0 Å². The molecule has 0 saturated heterocycles. The molecule has 1 aliphatic rings. The molecule has 0 spiro atoms. The number of rotatable bonds is 4. The molecule has 25 heavy (non-hydrogen) atoms. The van der Waals surface area contributed by atoms with Gasteiger partial charge in [-0.3, -0.25) is 0 Å². The minimum atomic E-state index is 0. The molecule has 0 nitrogen and oxygen atoms in total. The first kappa shape index (κ1) is 18.7. The average molecular weight is 407 g/mol. The van der Waals surface area contributed by atoms with Crippen LogP contribution in [0, 0.1) is 5.92 Å². The third-order valence-electron chi connectivity index (χ3n) is 5.73. The molecular formula is C24H27Zr-. The molecule has 1 heteroatoms. The molecule has 1 fully saturated rings. The van der Waals surface area contributed by atoms with Gasteiger partial charge in [0, 0.05) is 26.2 Å². The monoisotopic (exact) mass is 405 g/mol. The molecule has 3 aromatic rings. The maximum absolute atomic E-state index is 2.45. The van der Waals surface area contributed by atoms with Gasteiger partial charge in [-0.25, -0.2) is 0 Å². The summed E-state index contributed by atoms with van der Waals surface area (Å²) in [6.07, 6.45) is 9.52. The summed E-state index contributed by atoms with van der Waals surface area (Å²) in [7, 11) is 0. The molecule has 0 aliphatic heterocycles. The van der Waals surface area contributed by atoms with E-state index in [-0.39, 0.29) is 26.2 Å². The largest absolute Gasteiger partial charge is 0.164 e. The average Bonchev–Trinajstić information content (AvgIpc) is 3.05. The minimum absolute atomic E-state index is 0. The van der Waals surface area contributed by atoms with Crippen LogP contribution in [-0.4, -0.2) is 0 Å². The third kappa shape index (κ3) is 4.20.